The lowest BCUT2D eigenvalue weighted by Crippen LogP contribution is -2.55. The number of carbonyl (C=O) groups is 4. The van der Waals surface area contributed by atoms with Crippen molar-refractivity contribution in [2.45, 2.75) is 98.4 Å². The molecule has 2 atom stereocenters. The van der Waals surface area contributed by atoms with Crippen LogP contribution in [0, 0.1) is 13.8 Å². The van der Waals surface area contributed by atoms with Crippen LogP contribution in [0.15, 0.2) is 18.2 Å². The molecule has 9 heteroatoms. The molecule has 0 radical (unpaired) electrons. The van der Waals surface area contributed by atoms with Crippen LogP contribution in [0.1, 0.15) is 84.0 Å². The van der Waals surface area contributed by atoms with Crippen LogP contribution in [0.5, 0.6) is 0 Å². The van der Waals surface area contributed by atoms with E-state index in [1.54, 1.807) is 20.8 Å². The molecule has 0 bridgehead atoms. The fourth-order valence-electron chi connectivity index (χ4n) is 3.62. The summed E-state index contributed by atoms with van der Waals surface area (Å²) in [5, 5.41) is 5.45. The molecular formula is C26H42N4O5. The van der Waals surface area contributed by atoms with Crippen molar-refractivity contribution < 1.29 is 23.9 Å². The third-order valence-electron chi connectivity index (χ3n) is 5.14. The van der Waals surface area contributed by atoms with Gasteiger partial charge >= 0.3 is 6.09 Å². The van der Waals surface area contributed by atoms with Crippen molar-refractivity contribution in [1.29, 1.82) is 0 Å². The third-order valence-corrected chi connectivity index (χ3v) is 5.14. The summed E-state index contributed by atoms with van der Waals surface area (Å²) in [6, 6.07) is 3.32. The number of ether oxygens (including phenoxy) is 1. The Hall–Kier alpha value is -3.10. The lowest BCUT2D eigenvalue weighted by Gasteiger charge is -2.36. The number of hydrogen-bond acceptors (Lipinski definition) is 5. The van der Waals surface area contributed by atoms with E-state index in [1.807, 2.05) is 59.7 Å². The number of aryl methyl sites for hydroxylation is 1. The van der Waals surface area contributed by atoms with Crippen LogP contribution in [-0.4, -0.2) is 52.4 Å². The molecule has 196 valence electrons. The van der Waals surface area contributed by atoms with Crippen LogP contribution in [0.4, 0.5) is 4.79 Å². The third kappa shape index (κ3) is 9.58. The van der Waals surface area contributed by atoms with Gasteiger partial charge in [-0.25, -0.2) is 4.79 Å². The van der Waals surface area contributed by atoms with Crippen molar-refractivity contribution in [2.24, 2.45) is 5.73 Å². The molecule has 2 unspecified atom stereocenters. The highest BCUT2D eigenvalue weighted by Crippen LogP contribution is 2.28. The zero-order valence-corrected chi connectivity index (χ0v) is 22.6. The molecule has 4 N–H and O–H groups in total. The molecule has 4 amide bonds. The highest BCUT2D eigenvalue weighted by Gasteiger charge is 2.38. The van der Waals surface area contributed by atoms with Crippen LogP contribution in [0.2, 0.25) is 0 Å². The normalized spacial score (nSPS) is 13.4. The van der Waals surface area contributed by atoms with Gasteiger partial charge in [-0.3, -0.25) is 14.4 Å². The fourth-order valence-corrected chi connectivity index (χ4v) is 3.62. The van der Waals surface area contributed by atoms with Crippen LogP contribution >= 0.6 is 0 Å². The quantitative estimate of drug-likeness (QED) is 0.489. The molecule has 9 nitrogen and oxygen atoms in total. The highest BCUT2D eigenvalue weighted by atomic mass is 16.6. The Labute approximate surface area is 209 Å². The van der Waals surface area contributed by atoms with Gasteiger partial charge in [0, 0.05) is 12.1 Å². The monoisotopic (exact) mass is 490 g/mol. The zero-order chi connectivity index (χ0) is 27.1. The number of hydrogen-bond donors (Lipinski definition) is 3. The van der Waals surface area contributed by atoms with Gasteiger partial charge in [0.25, 0.3) is 0 Å². The van der Waals surface area contributed by atoms with E-state index in [2.05, 4.69) is 10.6 Å². The Morgan fingerprint density at radius 1 is 1.06 bits per heavy atom. The standard InChI is InChI=1S/C26H42N4O5/c1-10-14-30(23(33)19(15-20(27)31)28-24(34)35-26(7,8)9)21(22(32)29-25(4,5)6)18-13-11-12-16(2)17(18)3/h11-13,19,21H,10,14-15H2,1-9H3,(H2,27,31)(H,28,34)(H,29,32). The van der Waals surface area contributed by atoms with Crippen molar-refractivity contribution >= 4 is 23.8 Å². The number of benzene rings is 1. The number of nitrogens with two attached hydrogens (primary N) is 1. The van der Waals surface area contributed by atoms with Gasteiger partial charge in [0.05, 0.1) is 6.42 Å². The van der Waals surface area contributed by atoms with Crippen LogP contribution in [-0.2, 0) is 19.1 Å². The first-order valence-corrected chi connectivity index (χ1v) is 11.9. The first-order chi connectivity index (χ1) is 16.0. The number of nitrogens with zero attached hydrogens (tertiary/aromatic N) is 1. The van der Waals surface area contributed by atoms with Crippen molar-refractivity contribution in [3.63, 3.8) is 0 Å². The van der Waals surface area contributed by atoms with E-state index in [0.29, 0.717) is 12.0 Å². The Bertz CT molecular complexity index is 931. The summed E-state index contributed by atoms with van der Waals surface area (Å²) >= 11 is 0. The average Bonchev–Trinajstić information content (AvgIpc) is 2.66. The number of nitrogens with one attached hydrogen (secondary N) is 2. The molecule has 0 spiro atoms. The highest BCUT2D eigenvalue weighted by molar-refractivity contribution is 5.94. The van der Waals surface area contributed by atoms with E-state index in [0.717, 1.165) is 11.1 Å². The lowest BCUT2D eigenvalue weighted by molar-refractivity contribution is -0.144. The Balaban J connectivity index is 3.56. The van der Waals surface area contributed by atoms with Crippen molar-refractivity contribution in [1.82, 2.24) is 15.5 Å². The number of carbonyl (C=O) groups excluding carboxylic acids is 4. The molecule has 1 aromatic rings. The Morgan fingerprint density at radius 2 is 1.66 bits per heavy atom. The molecule has 1 rings (SSSR count). The van der Waals surface area contributed by atoms with Gasteiger partial charge in [-0.05, 0) is 78.5 Å². The topological polar surface area (TPSA) is 131 Å². The molecule has 1 aromatic carbocycles. The molecule has 0 saturated carbocycles. The molecule has 0 aliphatic heterocycles. The van der Waals surface area contributed by atoms with Gasteiger partial charge in [-0.2, -0.15) is 0 Å². The summed E-state index contributed by atoms with van der Waals surface area (Å²) in [6.45, 7) is 16.6. The van der Waals surface area contributed by atoms with E-state index >= 15 is 0 Å². The van der Waals surface area contributed by atoms with Gasteiger partial charge < -0.3 is 26.0 Å². The first kappa shape index (κ1) is 29.9. The molecule has 0 aliphatic rings. The Morgan fingerprint density at radius 3 is 2.14 bits per heavy atom. The van der Waals surface area contributed by atoms with E-state index < -0.39 is 47.6 Å². The largest absolute Gasteiger partial charge is 0.444 e. The smallest absolute Gasteiger partial charge is 0.408 e. The second-order valence-electron chi connectivity index (χ2n) is 10.8. The summed E-state index contributed by atoms with van der Waals surface area (Å²) in [4.78, 5) is 53.1. The number of rotatable bonds is 9. The lowest BCUT2D eigenvalue weighted by atomic mass is 9.94. The molecule has 0 aromatic heterocycles. The maximum atomic E-state index is 13.8. The predicted octanol–water partition coefficient (Wildman–Crippen LogP) is 3.27. The zero-order valence-electron chi connectivity index (χ0n) is 22.6. The van der Waals surface area contributed by atoms with Crippen molar-refractivity contribution in [2.75, 3.05) is 6.54 Å². The van der Waals surface area contributed by atoms with E-state index in [4.69, 9.17) is 10.5 Å². The van der Waals surface area contributed by atoms with Gasteiger partial charge in [0.15, 0.2) is 0 Å². The summed E-state index contributed by atoms with van der Waals surface area (Å²) in [5.74, 6) is -1.71. The maximum absolute atomic E-state index is 13.8. The summed E-state index contributed by atoms with van der Waals surface area (Å²) < 4.78 is 5.28. The van der Waals surface area contributed by atoms with Crippen molar-refractivity contribution in [3.8, 4) is 0 Å². The number of primary amides is 1. The predicted molar refractivity (Wildman–Crippen MR) is 136 cm³/mol. The molecule has 0 fully saturated rings. The van der Waals surface area contributed by atoms with E-state index in [1.165, 1.54) is 4.90 Å². The Kier molecular flexibility index (Phi) is 10.3. The second kappa shape index (κ2) is 12.0. The maximum Gasteiger partial charge on any atom is 0.408 e. The minimum atomic E-state index is -1.29. The van der Waals surface area contributed by atoms with Crippen molar-refractivity contribution in [3.05, 3.63) is 34.9 Å². The van der Waals surface area contributed by atoms with Crippen LogP contribution < -0.4 is 16.4 Å². The summed E-state index contributed by atoms with van der Waals surface area (Å²) in [7, 11) is 0. The van der Waals surface area contributed by atoms with Gasteiger partial charge in [-0.1, -0.05) is 25.1 Å². The summed E-state index contributed by atoms with van der Waals surface area (Å²) in [6.07, 6.45) is -0.736. The van der Waals surface area contributed by atoms with E-state index in [-0.39, 0.29) is 12.5 Å². The SMILES string of the molecule is CCCN(C(=O)C(CC(N)=O)NC(=O)OC(C)(C)C)C(C(=O)NC(C)(C)C)c1cccc(C)c1C. The average molecular weight is 491 g/mol. The van der Waals surface area contributed by atoms with Gasteiger partial charge in [-0.15, -0.1) is 0 Å². The van der Waals surface area contributed by atoms with Gasteiger partial charge in [0.1, 0.15) is 17.7 Å². The van der Waals surface area contributed by atoms with Crippen LogP contribution in [0.3, 0.4) is 0 Å². The minimum Gasteiger partial charge on any atom is -0.444 e. The van der Waals surface area contributed by atoms with Gasteiger partial charge in [0.2, 0.25) is 17.7 Å². The van der Waals surface area contributed by atoms with Crippen LogP contribution in [0.25, 0.3) is 0 Å². The fraction of sp³-hybridized carbons (Fsp3) is 0.615. The molecule has 0 heterocycles. The molecular weight excluding hydrogens is 448 g/mol. The minimum absolute atomic E-state index is 0.222. The molecule has 35 heavy (non-hydrogen) atoms. The number of amides is 4. The molecule has 0 saturated heterocycles. The second-order valence-corrected chi connectivity index (χ2v) is 10.8. The molecule has 0 aliphatic carbocycles. The van der Waals surface area contributed by atoms with E-state index in [9.17, 15) is 19.2 Å². The number of alkyl carbamates (subject to hydrolysis) is 1. The first-order valence-electron chi connectivity index (χ1n) is 11.9. The summed E-state index contributed by atoms with van der Waals surface area (Å²) in [5.41, 5.74) is 6.57.